The van der Waals surface area contributed by atoms with E-state index in [2.05, 4.69) is 133 Å². The number of furan rings is 1. The number of H-pyrrole nitrogens is 2. The molecular formula is C75H136N22O5S2. The first-order valence-corrected chi connectivity index (χ1v) is 36.4. The van der Waals surface area contributed by atoms with Crippen LogP contribution in [0.3, 0.4) is 0 Å². The summed E-state index contributed by atoms with van der Waals surface area (Å²) in [5.74, 6) is 0. The lowest BCUT2D eigenvalue weighted by molar-refractivity contribution is 0.416. The van der Waals surface area contributed by atoms with Crippen LogP contribution >= 0.6 is 22.7 Å². The molecule has 0 aliphatic heterocycles. The van der Waals surface area contributed by atoms with Gasteiger partial charge in [-0.05, 0) is 53.2 Å². The Balaban J connectivity index is -0.0000000615. The fourth-order valence-electron chi connectivity index (χ4n) is 2.91. The Bertz CT molecular complexity index is 1930. The van der Waals surface area contributed by atoms with Gasteiger partial charge in [-0.3, -0.25) is 25.0 Å². The highest BCUT2D eigenvalue weighted by Crippen LogP contribution is 1.91. The minimum Gasteiger partial charge on any atom is -0.473 e. The lowest BCUT2D eigenvalue weighted by atomic mass is 10.5. The molecule has 14 heterocycles. The van der Waals surface area contributed by atoms with E-state index in [0.29, 0.717) is 0 Å². The van der Waals surface area contributed by atoms with Crippen LogP contribution in [0.5, 0.6) is 0 Å². The van der Waals surface area contributed by atoms with Crippen LogP contribution in [0.2, 0.25) is 0 Å². The first-order chi connectivity index (χ1) is 51.5. The zero-order chi connectivity index (χ0) is 81.0. The second-order valence-electron chi connectivity index (χ2n) is 10.7. The molecule has 14 aromatic rings. The molecule has 0 fully saturated rings. The Hall–Kier alpha value is -10.9. The zero-order valence-electron chi connectivity index (χ0n) is 67.4. The molecule has 0 spiro atoms. The second kappa shape index (κ2) is 186. The number of imidazole rings is 1. The molecule has 0 aliphatic rings. The largest absolute Gasteiger partial charge is 0.473 e. The van der Waals surface area contributed by atoms with Crippen molar-refractivity contribution in [2.45, 2.75) is 201 Å². The van der Waals surface area contributed by atoms with Crippen molar-refractivity contribution in [3.05, 3.63) is 283 Å². The van der Waals surface area contributed by atoms with Gasteiger partial charge in [0.25, 0.3) is 0 Å². The van der Waals surface area contributed by atoms with Crippen molar-refractivity contribution in [2.24, 2.45) is 0 Å². The number of oxazole rings is 1. The fraction of sp³-hybridized carbons (Fsp3) is 0.387. The lowest BCUT2D eigenvalue weighted by Crippen LogP contribution is -1.75. The highest BCUT2D eigenvalue weighted by atomic mass is 32.1. The molecule has 0 aliphatic carbocycles. The smallest absolute Gasteiger partial charge is 0.213 e. The molecule has 0 radical (unpaired) electrons. The Morgan fingerprint density at radius 2 is 0.750 bits per heavy atom. The predicted octanol–water partition coefficient (Wildman–Crippen LogP) is 23.3. The molecule has 0 amide bonds. The minimum absolute atomic E-state index is 0. The van der Waals surface area contributed by atoms with Crippen molar-refractivity contribution in [3.63, 3.8) is 0 Å². The van der Waals surface area contributed by atoms with Crippen molar-refractivity contribution < 1.29 is 22.3 Å². The van der Waals surface area contributed by atoms with Crippen molar-refractivity contribution >= 4 is 22.7 Å². The normalized spacial score (nSPS) is 6.58. The van der Waals surface area contributed by atoms with Gasteiger partial charge in [-0.1, -0.05) is 230 Å². The Morgan fingerprint density at radius 3 is 0.885 bits per heavy atom. The van der Waals surface area contributed by atoms with Crippen LogP contribution in [-0.2, 0) is 0 Å². The quantitative estimate of drug-likeness (QED) is 0.142. The number of aromatic nitrogens is 22. The second-order valence-corrected chi connectivity index (χ2v) is 12.3. The van der Waals surface area contributed by atoms with E-state index >= 15 is 0 Å². The molecule has 0 saturated heterocycles. The molecule has 0 atom stereocenters. The van der Waals surface area contributed by atoms with Gasteiger partial charge in [0.05, 0.1) is 43.0 Å². The predicted molar refractivity (Wildman–Crippen MR) is 437 cm³/mol. The van der Waals surface area contributed by atoms with Crippen LogP contribution in [0.1, 0.15) is 201 Å². The average Bonchev–Trinajstić information content (AvgIpc) is 4.65. The third-order valence-corrected chi connectivity index (χ3v) is 6.75. The number of nitrogens with one attached hydrogen (secondary N) is 2. The molecule has 0 unspecified atom stereocenters. The summed E-state index contributed by atoms with van der Waals surface area (Å²) in [6.07, 6.45) is 50.0. The van der Waals surface area contributed by atoms with Crippen molar-refractivity contribution in [3.8, 4) is 0 Å². The van der Waals surface area contributed by atoms with Gasteiger partial charge in [-0.25, -0.2) is 44.9 Å². The molecule has 2 N–H and O–H groups in total. The SMILES string of the molecule is C.CC.CC.CC.CC.CC.CC.CC.CC.CC.CC.CC.CC.CC.CC.c1c[nH]cn1.c1ccncc1.c1ccoc1.c1ccsc1.c1cn[nH]c1.c1cnccn1.c1cncnc1.c1cnncn1.c1cnoc1.c1cocn1.c1cscn1.c1ncncn1.c1ncon1.c1nnco1. The van der Waals surface area contributed by atoms with Gasteiger partial charge in [0.1, 0.15) is 44.2 Å². The number of aromatic amines is 2. The van der Waals surface area contributed by atoms with E-state index in [1.807, 2.05) is 259 Å². The number of nitrogens with zero attached hydrogens (tertiary/aromatic N) is 20. The van der Waals surface area contributed by atoms with Gasteiger partial charge >= 0.3 is 0 Å². The van der Waals surface area contributed by atoms with E-state index < -0.39 is 0 Å². The van der Waals surface area contributed by atoms with E-state index in [1.54, 1.807) is 158 Å². The van der Waals surface area contributed by atoms with E-state index in [-0.39, 0.29) is 7.43 Å². The molecule has 0 saturated carbocycles. The van der Waals surface area contributed by atoms with E-state index in [4.69, 9.17) is 0 Å². The summed E-state index contributed by atoms with van der Waals surface area (Å²) >= 11 is 3.31. The van der Waals surface area contributed by atoms with Crippen LogP contribution in [0.15, 0.2) is 305 Å². The summed E-state index contributed by atoms with van der Waals surface area (Å²) in [5.41, 5.74) is 1.79. The first kappa shape index (κ1) is 129. The molecule has 27 nitrogen and oxygen atoms in total. The summed E-state index contributed by atoms with van der Waals surface area (Å²) in [6.45, 7) is 56.0. The molecule has 14 aromatic heterocycles. The molecule has 588 valence electrons. The molecule has 0 aromatic carbocycles. The number of hydrogen-bond acceptors (Lipinski definition) is 27. The Kier molecular flexibility index (Phi) is 232. The highest BCUT2D eigenvalue weighted by molar-refractivity contribution is 7.07. The van der Waals surface area contributed by atoms with Gasteiger partial charge in [-0.15, -0.1) is 26.6 Å². The summed E-state index contributed by atoms with van der Waals surface area (Å²) < 4.78 is 22.0. The van der Waals surface area contributed by atoms with E-state index in [1.165, 1.54) is 82.3 Å². The van der Waals surface area contributed by atoms with Gasteiger partial charge < -0.3 is 27.3 Å². The van der Waals surface area contributed by atoms with Gasteiger partial charge in [0.15, 0.2) is 12.7 Å². The third-order valence-electron chi connectivity index (χ3n) is 5.60. The molecule has 14 rings (SSSR count). The van der Waals surface area contributed by atoms with Crippen molar-refractivity contribution in [2.75, 3.05) is 0 Å². The van der Waals surface area contributed by atoms with Crippen LogP contribution in [0, 0.1) is 0 Å². The maximum atomic E-state index is 4.58. The van der Waals surface area contributed by atoms with Crippen molar-refractivity contribution in [1.82, 2.24) is 111 Å². The van der Waals surface area contributed by atoms with Gasteiger partial charge in [-0.2, -0.15) is 21.5 Å². The minimum atomic E-state index is 0. The van der Waals surface area contributed by atoms with E-state index in [0.717, 1.165) is 0 Å². The van der Waals surface area contributed by atoms with E-state index in [9.17, 15) is 0 Å². The van der Waals surface area contributed by atoms with Crippen LogP contribution < -0.4 is 0 Å². The van der Waals surface area contributed by atoms with Crippen molar-refractivity contribution in [1.29, 1.82) is 0 Å². The maximum Gasteiger partial charge on any atom is 0.213 e. The highest BCUT2D eigenvalue weighted by Gasteiger charge is 1.66. The standard InChI is InChI=1S/C5H5N.2C4H4N2.C4H4O.C4H4S.2C3H3N3.2C3H4N2.2C3H3NO.C3H3NS.2C2H2N2O.14C2H6.CH4/c1-2-4-6-5-3-1;1-2-6-4-3-5-1;1-2-5-4-6-3-1;2*1-2-4-5-3-1;1-4-2-6-3-5-1;1-2-5-6-3-4-1;1-2-5-3-4-1;1-2-4-5-3-1;1-2-5-3-4-1;1-2-4-5-3-1;1-2-5-3-4-1;1-3-4-2-5-1;1-3-2-5-4-1;14*1-2;/h1-5H;2*1-4H;2*1-4H;2*1-3H;2*1-3H,(H,4,5);3*1-3H;2*1-2H;14*1-2H3;1H4. The summed E-state index contributed by atoms with van der Waals surface area (Å²) in [4.78, 5) is 50.0. The first-order valence-electron chi connectivity index (χ1n) is 34.5. The molecule has 29 heteroatoms. The van der Waals surface area contributed by atoms with Gasteiger partial charge in [0.2, 0.25) is 19.2 Å². The maximum absolute atomic E-state index is 4.58. The molecule has 104 heavy (non-hydrogen) atoms. The summed E-state index contributed by atoms with van der Waals surface area (Å²) in [6, 6.07) is 18.8. The zero-order valence-corrected chi connectivity index (χ0v) is 69.0. The third kappa shape index (κ3) is 180. The number of hydrogen-bond donors (Lipinski definition) is 2. The van der Waals surface area contributed by atoms with Crippen LogP contribution in [0.4, 0.5) is 0 Å². The number of thiophene rings is 1. The Morgan fingerprint density at radius 1 is 0.250 bits per heavy atom. The molecule has 0 bridgehead atoms. The lowest BCUT2D eigenvalue weighted by Gasteiger charge is -1.70. The number of rotatable bonds is 0. The number of pyridine rings is 1. The van der Waals surface area contributed by atoms with Gasteiger partial charge in [0, 0.05) is 92.1 Å². The Labute approximate surface area is 636 Å². The topological polar surface area (TPSA) is 355 Å². The summed E-state index contributed by atoms with van der Waals surface area (Å²) in [7, 11) is 0. The molecular weight excluding hydrogens is 1350 g/mol. The van der Waals surface area contributed by atoms with Crippen LogP contribution in [0.25, 0.3) is 0 Å². The van der Waals surface area contributed by atoms with Crippen LogP contribution in [-0.4, -0.2) is 111 Å². The fourth-order valence-corrected chi connectivity index (χ4v) is 3.72. The number of thiazole rings is 1. The monoisotopic (exact) mass is 1490 g/mol. The average molecular weight is 1490 g/mol. The summed E-state index contributed by atoms with van der Waals surface area (Å²) in [5, 5.41) is 32.3.